The van der Waals surface area contributed by atoms with E-state index in [4.69, 9.17) is 5.73 Å². The molecule has 17 heavy (non-hydrogen) atoms. The number of rotatable bonds is 6. The first-order valence-electron chi connectivity index (χ1n) is 6.41. The van der Waals surface area contributed by atoms with Gasteiger partial charge in [0.1, 0.15) is 0 Å². The monoisotopic (exact) mass is 298 g/mol. The summed E-state index contributed by atoms with van der Waals surface area (Å²) in [6.45, 7) is 7.84. The molecule has 0 radical (unpaired) electrons. The fourth-order valence-electron chi connectivity index (χ4n) is 1.88. The highest BCUT2D eigenvalue weighted by Crippen LogP contribution is 2.30. The number of anilines is 2. The van der Waals surface area contributed by atoms with Crippen LogP contribution in [0.1, 0.15) is 40.0 Å². The van der Waals surface area contributed by atoms with E-state index in [0.717, 1.165) is 23.1 Å². The molecule has 2 nitrogen and oxygen atoms in total. The second-order valence-electron chi connectivity index (χ2n) is 4.52. The summed E-state index contributed by atoms with van der Waals surface area (Å²) in [6.07, 6.45) is 3.60. The predicted molar refractivity (Wildman–Crippen MR) is 80.6 cm³/mol. The van der Waals surface area contributed by atoms with E-state index in [9.17, 15) is 0 Å². The average Bonchev–Trinajstić information content (AvgIpc) is 2.31. The Morgan fingerprint density at radius 3 is 2.59 bits per heavy atom. The summed E-state index contributed by atoms with van der Waals surface area (Å²) < 4.78 is 1.09. The molecule has 0 fully saturated rings. The lowest BCUT2D eigenvalue weighted by atomic mass is 10.1. The maximum absolute atomic E-state index is 5.79. The van der Waals surface area contributed by atoms with Crippen LogP contribution in [0.5, 0.6) is 0 Å². The van der Waals surface area contributed by atoms with Crippen LogP contribution in [0.3, 0.4) is 0 Å². The molecule has 0 saturated carbocycles. The van der Waals surface area contributed by atoms with Crippen LogP contribution in [0.15, 0.2) is 22.7 Å². The predicted octanol–water partition coefficient (Wildman–Crippen LogP) is 4.44. The van der Waals surface area contributed by atoms with E-state index < -0.39 is 0 Å². The Bertz CT molecular complexity index is 352. The van der Waals surface area contributed by atoms with E-state index in [2.05, 4.69) is 47.7 Å². The van der Waals surface area contributed by atoms with Crippen LogP contribution in [0.25, 0.3) is 0 Å². The zero-order valence-corrected chi connectivity index (χ0v) is 12.6. The molecule has 0 aliphatic rings. The summed E-state index contributed by atoms with van der Waals surface area (Å²) in [5, 5.41) is 0. The summed E-state index contributed by atoms with van der Waals surface area (Å²) >= 11 is 3.62. The molecule has 96 valence electrons. The lowest BCUT2D eigenvalue weighted by Crippen LogP contribution is -2.33. The van der Waals surface area contributed by atoms with E-state index in [0.29, 0.717) is 6.04 Å². The van der Waals surface area contributed by atoms with Crippen LogP contribution in [0, 0.1) is 0 Å². The first-order chi connectivity index (χ1) is 8.10. The molecule has 0 amide bonds. The van der Waals surface area contributed by atoms with Gasteiger partial charge < -0.3 is 10.6 Å². The topological polar surface area (TPSA) is 29.3 Å². The van der Waals surface area contributed by atoms with Gasteiger partial charge in [-0.2, -0.15) is 0 Å². The number of nitrogens with zero attached hydrogens (tertiary/aromatic N) is 1. The van der Waals surface area contributed by atoms with Crippen molar-refractivity contribution in [3.63, 3.8) is 0 Å². The van der Waals surface area contributed by atoms with Gasteiger partial charge in [-0.1, -0.05) is 20.3 Å². The smallest absolute Gasteiger partial charge is 0.0514 e. The highest BCUT2D eigenvalue weighted by atomic mass is 79.9. The lowest BCUT2D eigenvalue weighted by molar-refractivity contribution is 0.595. The normalized spacial score (nSPS) is 12.5. The quantitative estimate of drug-likeness (QED) is 0.787. The Balaban J connectivity index is 2.95. The van der Waals surface area contributed by atoms with Gasteiger partial charge in [0.2, 0.25) is 0 Å². The Morgan fingerprint density at radius 1 is 1.35 bits per heavy atom. The minimum Gasteiger partial charge on any atom is -0.399 e. The molecule has 1 unspecified atom stereocenters. The van der Waals surface area contributed by atoms with Gasteiger partial charge in [0.15, 0.2) is 0 Å². The summed E-state index contributed by atoms with van der Waals surface area (Å²) in [5.74, 6) is 0. The number of benzene rings is 1. The number of hydrogen-bond acceptors (Lipinski definition) is 2. The minimum absolute atomic E-state index is 0.557. The van der Waals surface area contributed by atoms with Gasteiger partial charge in [-0.3, -0.25) is 0 Å². The number of unbranched alkanes of at least 4 members (excludes halogenated alkanes) is 1. The highest BCUT2D eigenvalue weighted by Gasteiger charge is 2.15. The molecule has 0 bridgehead atoms. The number of halogens is 1. The van der Waals surface area contributed by atoms with Crippen LogP contribution in [0.2, 0.25) is 0 Å². The largest absolute Gasteiger partial charge is 0.399 e. The van der Waals surface area contributed by atoms with Crippen molar-refractivity contribution in [2.75, 3.05) is 17.2 Å². The molecule has 1 rings (SSSR count). The summed E-state index contributed by atoms with van der Waals surface area (Å²) in [7, 11) is 0. The Labute approximate surface area is 113 Å². The fourth-order valence-corrected chi connectivity index (χ4v) is 2.51. The molecule has 1 aromatic carbocycles. The molecule has 0 spiro atoms. The van der Waals surface area contributed by atoms with Crippen molar-refractivity contribution >= 4 is 27.3 Å². The maximum Gasteiger partial charge on any atom is 0.0514 e. The zero-order valence-electron chi connectivity index (χ0n) is 11.0. The molecule has 1 atom stereocenters. The van der Waals surface area contributed by atoms with Crippen molar-refractivity contribution in [2.45, 2.75) is 46.1 Å². The minimum atomic E-state index is 0.557. The molecule has 0 aliphatic carbocycles. The summed E-state index contributed by atoms with van der Waals surface area (Å²) in [4.78, 5) is 2.47. The van der Waals surface area contributed by atoms with Crippen molar-refractivity contribution in [3.05, 3.63) is 22.7 Å². The van der Waals surface area contributed by atoms with E-state index in [1.54, 1.807) is 0 Å². The second kappa shape index (κ2) is 6.90. The molecule has 3 heteroatoms. The Hall–Kier alpha value is -0.700. The third-order valence-corrected chi connectivity index (χ3v) is 3.79. The molecule has 0 aromatic heterocycles. The molecule has 1 aromatic rings. The van der Waals surface area contributed by atoms with Crippen molar-refractivity contribution in [1.82, 2.24) is 0 Å². The fraction of sp³-hybridized carbons (Fsp3) is 0.571. The van der Waals surface area contributed by atoms with Crippen LogP contribution in [-0.2, 0) is 0 Å². The van der Waals surface area contributed by atoms with E-state index in [1.165, 1.54) is 18.5 Å². The van der Waals surface area contributed by atoms with Gasteiger partial charge in [0.05, 0.1) is 5.69 Å². The van der Waals surface area contributed by atoms with Gasteiger partial charge in [-0.15, -0.1) is 0 Å². The molecule has 0 aliphatic heterocycles. The zero-order chi connectivity index (χ0) is 12.8. The molecule has 0 saturated heterocycles. The Morgan fingerprint density at radius 2 is 2.06 bits per heavy atom. The summed E-state index contributed by atoms with van der Waals surface area (Å²) in [6, 6.07) is 6.63. The average molecular weight is 299 g/mol. The van der Waals surface area contributed by atoms with Crippen LogP contribution in [-0.4, -0.2) is 12.6 Å². The third-order valence-electron chi connectivity index (χ3n) is 3.16. The molecular formula is C14H23BrN2. The summed E-state index contributed by atoms with van der Waals surface area (Å²) in [5.41, 5.74) is 7.85. The van der Waals surface area contributed by atoms with Crippen molar-refractivity contribution in [1.29, 1.82) is 0 Å². The molecular weight excluding hydrogens is 276 g/mol. The molecule has 2 N–H and O–H groups in total. The van der Waals surface area contributed by atoms with Crippen LogP contribution < -0.4 is 10.6 Å². The number of nitrogen functional groups attached to an aromatic ring is 1. The number of hydrogen-bond donors (Lipinski definition) is 1. The van der Waals surface area contributed by atoms with Gasteiger partial charge in [-0.05, 0) is 53.9 Å². The van der Waals surface area contributed by atoms with Crippen LogP contribution >= 0.6 is 15.9 Å². The van der Waals surface area contributed by atoms with Gasteiger partial charge in [-0.25, -0.2) is 0 Å². The van der Waals surface area contributed by atoms with Crippen molar-refractivity contribution in [3.8, 4) is 0 Å². The van der Waals surface area contributed by atoms with E-state index >= 15 is 0 Å². The van der Waals surface area contributed by atoms with Gasteiger partial charge in [0.25, 0.3) is 0 Å². The lowest BCUT2D eigenvalue weighted by Gasteiger charge is -2.31. The van der Waals surface area contributed by atoms with E-state index in [-0.39, 0.29) is 0 Å². The van der Waals surface area contributed by atoms with Gasteiger partial charge >= 0.3 is 0 Å². The second-order valence-corrected chi connectivity index (χ2v) is 5.37. The van der Waals surface area contributed by atoms with E-state index in [1.807, 2.05) is 12.1 Å². The van der Waals surface area contributed by atoms with Crippen molar-refractivity contribution < 1.29 is 0 Å². The first-order valence-corrected chi connectivity index (χ1v) is 7.21. The Kier molecular flexibility index (Phi) is 5.83. The standard InChI is InChI=1S/C14H23BrN2/c1-4-6-9-17(11(3)5-2)14-8-7-12(16)10-13(14)15/h7-8,10-11H,4-6,9,16H2,1-3H3. The van der Waals surface area contributed by atoms with Crippen LogP contribution in [0.4, 0.5) is 11.4 Å². The third kappa shape index (κ3) is 3.91. The van der Waals surface area contributed by atoms with Gasteiger partial charge in [0, 0.05) is 22.7 Å². The SMILES string of the molecule is CCCCN(c1ccc(N)cc1Br)C(C)CC. The molecule has 0 heterocycles. The van der Waals surface area contributed by atoms with Crippen molar-refractivity contribution in [2.24, 2.45) is 0 Å². The maximum atomic E-state index is 5.79. The highest BCUT2D eigenvalue weighted by molar-refractivity contribution is 9.10. The first kappa shape index (κ1) is 14.4. The number of nitrogens with two attached hydrogens (primary N) is 1.